The second kappa shape index (κ2) is 2.71. The summed E-state index contributed by atoms with van der Waals surface area (Å²) in [5.41, 5.74) is 0.822. The molecule has 0 atom stereocenters. The van der Waals surface area contributed by atoms with E-state index in [1.807, 2.05) is 18.4 Å². The van der Waals surface area contributed by atoms with Crippen molar-refractivity contribution in [3.8, 4) is 0 Å². The molecule has 0 fully saturated rings. The van der Waals surface area contributed by atoms with Gasteiger partial charge < -0.3 is 4.42 Å². The van der Waals surface area contributed by atoms with Crippen LogP contribution in [0.1, 0.15) is 12.6 Å². The van der Waals surface area contributed by atoms with Gasteiger partial charge in [0.2, 0.25) is 0 Å². The SMILES string of the molecule is CCc1nc(=O)oc2sccc12. The van der Waals surface area contributed by atoms with Gasteiger partial charge in [-0.05, 0) is 17.9 Å². The third kappa shape index (κ3) is 1.04. The van der Waals surface area contributed by atoms with Crippen LogP contribution < -0.4 is 5.76 Å². The molecule has 0 saturated heterocycles. The minimum atomic E-state index is -0.498. The van der Waals surface area contributed by atoms with Crippen LogP contribution in [-0.2, 0) is 6.42 Å². The van der Waals surface area contributed by atoms with E-state index < -0.39 is 5.76 Å². The van der Waals surface area contributed by atoms with Gasteiger partial charge in [0.05, 0.1) is 11.1 Å². The Bertz CT molecular complexity index is 457. The molecule has 0 spiro atoms. The van der Waals surface area contributed by atoms with Crippen LogP contribution in [0.5, 0.6) is 0 Å². The van der Waals surface area contributed by atoms with Gasteiger partial charge in [-0.25, -0.2) is 4.79 Å². The number of hydrogen-bond donors (Lipinski definition) is 0. The van der Waals surface area contributed by atoms with Crippen LogP contribution in [0, 0.1) is 0 Å². The van der Waals surface area contributed by atoms with Gasteiger partial charge in [-0.3, -0.25) is 0 Å². The molecule has 0 saturated carbocycles. The first-order valence-electron chi connectivity index (χ1n) is 3.68. The van der Waals surface area contributed by atoms with Crippen molar-refractivity contribution >= 4 is 21.6 Å². The maximum absolute atomic E-state index is 10.9. The second-order valence-electron chi connectivity index (χ2n) is 2.40. The quantitative estimate of drug-likeness (QED) is 0.673. The molecule has 0 aliphatic rings. The van der Waals surface area contributed by atoms with E-state index in [4.69, 9.17) is 4.42 Å². The lowest BCUT2D eigenvalue weighted by Crippen LogP contribution is -2.06. The van der Waals surface area contributed by atoms with E-state index in [0.29, 0.717) is 4.90 Å². The van der Waals surface area contributed by atoms with Gasteiger partial charge in [0.25, 0.3) is 0 Å². The van der Waals surface area contributed by atoms with Crippen LogP contribution in [0.25, 0.3) is 10.3 Å². The van der Waals surface area contributed by atoms with Gasteiger partial charge in [-0.1, -0.05) is 6.92 Å². The lowest BCUT2D eigenvalue weighted by Gasteiger charge is -1.93. The monoisotopic (exact) mass is 181 g/mol. The van der Waals surface area contributed by atoms with Crippen molar-refractivity contribution in [1.29, 1.82) is 0 Å². The van der Waals surface area contributed by atoms with Crippen molar-refractivity contribution in [3.63, 3.8) is 0 Å². The number of hydrogen-bond acceptors (Lipinski definition) is 4. The Morgan fingerprint density at radius 3 is 3.25 bits per heavy atom. The molecule has 62 valence electrons. The van der Waals surface area contributed by atoms with Gasteiger partial charge >= 0.3 is 5.76 Å². The molecular formula is C8H7NO2S. The van der Waals surface area contributed by atoms with Crippen LogP contribution in [0.3, 0.4) is 0 Å². The van der Waals surface area contributed by atoms with E-state index in [2.05, 4.69) is 4.98 Å². The summed E-state index contributed by atoms with van der Waals surface area (Å²) in [7, 11) is 0. The van der Waals surface area contributed by atoms with Crippen molar-refractivity contribution in [2.45, 2.75) is 13.3 Å². The van der Waals surface area contributed by atoms with E-state index in [0.717, 1.165) is 17.5 Å². The number of fused-ring (bicyclic) bond motifs is 1. The fraction of sp³-hybridized carbons (Fsp3) is 0.250. The number of rotatable bonds is 1. The zero-order chi connectivity index (χ0) is 8.55. The molecule has 0 radical (unpaired) electrons. The Morgan fingerprint density at radius 1 is 1.67 bits per heavy atom. The molecule has 2 heterocycles. The molecule has 0 aromatic carbocycles. The van der Waals surface area contributed by atoms with Crippen molar-refractivity contribution in [1.82, 2.24) is 4.98 Å². The lowest BCUT2D eigenvalue weighted by molar-refractivity contribution is 0.533. The van der Waals surface area contributed by atoms with Gasteiger partial charge in [-0.15, -0.1) is 11.3 Å². The second-order valence-corrected chi connectivity index (χ2v) is 3.28. The van der Waals surface area contributed by atoms with Crippen molar-refractivity contribution in [2.24, 2.45) is 0 Å². The molecule has 2 aromatic heterocycles. The molecule has 3 nitrogen and oxygen atoms in total. The van der Waals surface area contributed by atoms with E-state index in [-0.39, 0.29) is 0 Å². The van der Waals surface area contributed by atoms with Crippen LogP contribution in [0.2, 0.25) is 0 Å². The van der Waals surface area contributed by atoms with Crippen molar-refractivity contribution in [2.75, 3.05) is 0 Å². The number of aromatic nitrogens is 1. The molecule has 2 aromatic rings. The summed E-state index contributed by atoms with van der Waals surface area (Å²) < 4.78 is 4.90. The summed E-state index contributed by atoms with van der Waals surface area (Å²) in [6, 6.07) is 1.93. The third-order valence-corrected chi connectivity index (χ3v) is 2.47. The summed E-state index contributed by atoms with van der Waals surface area (Å²) >= 11 is 1.42. The van der Waals surface area contributed by atoms with Crippen LogP contribution in [-0.4, -0.2) is 4.98 Å². The third-order valence-electron chi connectivity index (χ3n) is 1.68. The number of aryl methyl sites for hydroxylation is 1. The highest BCUT2D eigenvalue weighted by atomic mass is 32.1. The Labute approximate surface area is 72.7 Å². The summed E-state index contributed by atoms with van der Waals surface area (Å²) in [5.74, 6) is -0.498. The van der Waals surface area contributed by atoms with E-state index in [1.54, 1.807) is 0 Å². The highest BCUT2D eigenvalue weighted by molar-refractivity contribution is 7.16. The highest BCUT2D eigenvalue weighted by Crippen LogP contribution is 2.20. The largest absolute Gasteiger partial charge is 0.440 e. The first-order valence-corrected chi connectivity index (χ1v) is 4.56. The summed E-state index contributed by atoms with van der Waals surface area (Å²) in [6.07, 6.45) is 0.763. The zero-order valence-electron chi connectivity index (χ0n) is 6.53. The maximum Gasteiger partial charge on any atom is 0.440 e. The van der Waals surface area contributed by atoms with Gasteiger partial charge in [-0.2, -0.15) is 4.98 Å². The number of thiophene rings is 1. The van der Waals surface area contributed by atoms with Gasteiger partial charge in [0.1, 0.15) is 0 Å². The van der Waals surface area contributed by atoms with E-state index in [9.17, 15) is 4.79 Å². The Kier molecular flexibility index (Phi) is 1.69. The predicted molar refractivity (Wildman–Crippen MR) is 47.5 cm³/mol. The number of nitrogens with zero attached hydrogens (tertiary/aromatic N) is 1. The fourth-order valence-electron chi connectivity index (χ4n) is 1.13. The molecule has 4 heteroatoms. The first kappa shape index (κ1) is 7.49. The zero-order valence-corrected chi connectivity index (χ0v) is 7.35. The molecule has 12 heavy (non-hydrogen) atoms. The summed E-state index contributed by atoms with van der Waals surface area (Å²) in [4.78, 5) is 15.3. The first-order chi connectivity index (χ1) is 5.81. The Hall–Kier alpha value is -1.16. The predicted octanol–water partition coefficient (Wildman–Crippen LogP) is 1.81. The van der Waals surface area contributed by atoms with Crippen molar-refractivity contribution in [3.05, 3.63) is 27.7 Å². The standard InChI is InChI=1S/C8H7NO2S/c1-2-6-5-3-4-12-7(5)11-8(10)9-6/h3-4H,2H2,1H3. The minimum Gasteiger partial charge on any atom is -0.397 e. The smallest absolute Gasteiger partial charge is 0.397 e. The molecule has 0 bridgehead atoms. The topological polar surface area (TPSA) is 43.1 Å². The van der Waals surface area contributed by atoms with Crippen molar-refractivity contribution < 1.29 is 4.42 Å². The normalized spacial score (nSPS) is 10.8. The molecule has 0 aliphatic heterocycles. The average Bonchev–Trinajstić information content (AvgIpc) is 2.50. The molecule has 0 unspecified atom stereocenters. The summed E-state index contributed by atoms with van der Waals surface area (Å²) in [5, 5.41) is 2.86. The van der Waals surface area contributed by atoms with Gasteiger partial charge in [0, 0.05) is 0 Å². The van der Waals surface area contributed by atoms with E-state index in [1.165, 1.54) is 11.3 Å². The highest BCUT2D eigenvalue weighted by Gasteiger charge is 2.05. The Balaban J connectivity index is 2.89. The minimum absolute atomic E-state index is 0.498. The molecule has 0 amide bonds. The Morgan fingerprint density at radius 2 is 2.50 bits per heavy atom. The van der Waals surface area contributed by atoms with Crippen LogP contribution in [0.4, 0.5) is 0 Å². The molecule has 2 rings (SSSR count). The summed E-state index contributed by atoms with van der Waals surface area (Å²) in [6.45, 7) is 1.97. The molecule has 0 N–H and O–H groups in total. The van der Waals surface area contributed by atoms with Gasteiger partial charge in [0.15, 0.2) is 4.90 Å². The van der Waals surface area contributed by atoms with E-state index >= 15 is 0 Å². The average molecular weight is 181 g/mol. The molecule has 0 aliphatic carbocycles. The van der Waals surface area contributed by atoms with Crippen LogP contribution >= 0.6 is 11.3 Å². The van der Waals surface area contributed by atoms with Crippen LogP contribution in [0.15, 0.2) is 20.7 Å². The fourth-order valence-corrected chi connectivity index (χ4v) is 1.89. The molecular weight excluding hydrogens is 174 g/mol. The maximum atomic E-state index is 10.9. The lowest BCUT2D eigenvalue weighted by atomic mass is 10.2.